The summed E-state index contributed by atoms with van der Waals surface area (Å²) in [5, 5.41) is 2.81. The van der Waals surface area contributed by atoms with E-state index >= 15 is 0 Å². The summed E-state index contributed by atoms with van der Waals surface area (Å²) < 4.78 is 18.2. The molecule has 1 fully saturated rings. The number of carbonyl (C=O) groups is 1. The van der Waals surface area contributed by atoms with Crippen molar-refractivity contribution in [2.24, 2.45) is 15.7 Å². The molecule has 2 aliphatic rings. The Morgan fingerprint density at radius 2 is 2.03 bits per heavy atom. The lowest BCUT2D eigenvalue weighted by Gasteiger charge is -2.26. The summed E-state index contributed by atoms with van der Waals surface area (Å²) >= 11 is 0. The number of ether oxygens (including phenoxy) is 1. The molecule has 1 aromatic rings. The highest BCUT2D eigenvalue weighted by atomic mass is 19.1. The largest absolute Gasteiger partial charge is 0.384 e. The second kappa shape index (κ2) is 12.7. The zero-order valence-corrected chi connectivity index (χ0v) is 17.9. The molecule has 2 aliphatic heterocycles. The van der Waals surface area contributed by atoms with Crippen molar-refractivity contribution in [3.63, 3.8) is 0 Å². The quantitative estimate of drug-likeness (QED) is 0.754. The van der Waals surface area contributed by atoms with Gasteiger partial charge in [-0.2, -0.15) is 0 Å². The van der Waals surface area contributed by atoms with Crippen LogP contribution in [0.15, 0.2) is 40.2 Å². The van der Waals surface area contributed by atoms with E-state index in [1.54, 1.807) is 26.3 Å². The Balaban J connectivity index is 0.000000627. The highest BCUT2D eigenvalue weighted by Crippen LogP contribution is 2.30. The fraction of sp³-hybridized carbons (Fsp3) is 0.476. The molecule has 0 atom stereocenters. The molecule has 160 valence electrons. The van der Waals surface area contributed by atoms with Crippen LogP contribution in [0.5, 0.6) is 0 Å². The normalized spacial score (nSPS) is 16.3. The van der Waals surface area contributed by atoms with Gasteiger partial charge in [0, 0.05) is 19.3 Å². The Kier molecular flexibility index (Phi) is 10.6. The van der Waals surface area contributed by atoms with Crippen LogP contribution >= 0.6 is 0 Å². The van der Waals surface area contributed by atoms with Gasteiger partial charge in [0.25, 0.3) is 5.91 Å². The molecule has 3 rings (SSSR count). The van der Waals surface area contributed by atoms with Gasteiger partial charge in [-0.05, 0) is 50.2 Å². The van der Waals surface area contributed by atoms with Gasteiger partial charge in [0.2, 0.25) is 0 Å². The number of nitrogens with two attached hydrogens (primary N) is 1. The third-order valence-electron chi connectivity index (χ3n) is 4.20. The lowest BCUT2D eigenvalue weighted by Crippen LogP contribution is -2.50. The zero-order valence-electron chi connectivity index (χ0n) is 17.9. The minimum Gasteiger partial charge on any atom is -0.384 e. The summed E-state index contributed by atoms with van der Waals surface area (Å²) in [6.07, 6.45) is 3.94. The minimum atomic E-state index is -0.251. The Hall–Kier alpha value is -2.74. The number of hydrogen-bond donors (Lipinski definition) is 2. The van der Waals surface area contributed by atoms with Gasteiger partial charge in [0.05, 0.1) is 25.5 Å². The first kappa shape index (κ1) is 24.3. The number of nitrogens with one attached hydrogen (secondary N) is 1. The number of anilines is 1. The molecule has 0 spiro atoms. The molecular weight excluding hydrogens is 373 g/mol. The number of benzene rings is 1. The Morgan fingerprint density at radius 1 is 1.38 bits per heavy atom. The summed E-state index contributed by atoms with van der Waals surface area (Å²) in [6, 6.07) is 4.70. The van der Waals surface area contributed by atoms with Crippen LogP contribution in [-0.4, -0.2) is 50.7 Å². The lowest BCUT2D eigenvalue weighted by molar-refractivity contribution is -0.118. The molecule has 0 unspecified atom stereocenters. The minimum absolute atomic E-state index is 0.0642. The lowest BCUT2D eigenvalue weighted by atomic mass is 10.2. The van der Waals surface area contributed by atoms with E-state index in [1.807, 2.05) is 25.7 Å². The molecular formula is C21H32FN5O2. The highest BCUT2D eigenvalue weighted by molar-refractivity contribution is 6.38. The van der Waals surface area contributed by atoms with Gasteiger partial charge in [-0.3, -0.25) is 9.79 Å². The zero-order chi connectivity index (χ0) is 21.8. The number of fused-ring (bicyclic) bond motifs is 1. The monoisotopic (exact) mass is 405 g/mol. The summed E-state index contributed by atoms with van der Waals surface area (Å²) in [5.41, 5.74) is 8.19. The van der Waals surface area contributed by atoms with E-state index in [0.29, 0.717) is 31.3 Å². The maximum Gasteiger partial charge on any atom is 0.265 e. The summed E-state index contributed by atoms with van der Waals surface area (Å²) in [4.78, 5) is 21.5. The van der Waals surface area contributed by atoms with Crippen molar-refractivity contribution in [2.75, 3.05) is 31.7 Å². The van der Waals surface area contributed by atoms with Crippen molar-refractivity contribution in [2.45, 2.75) is 40.2 Å². The fourth-order valence-corrected chi connectivity index (χ4v) is 2.54. The Morgan fingerprint density at radius 3 is 2.59 bits per heavy atom. The number of hydrogen-bond acceptors (Lipinski definition) is 6. The number of halogens is 1. The van der Waals surface area contributed by atoms with E-state index in [-0.39, 0.29) is 17.8 Å². The van der Waals surface area contributed by atoms with Gasteiger partial charge in [-0.25, -0.2) is 4.39 Å². The van der Waals surface area contributed by atoms with E-state index < -0.39 is 0 Å². The van der Waals surface area contributed by atoms with Gasteiger partial charge in [0.15, 0.2) is 0 Å². The molecule has 1 amide bonds. The number of carbonyl (C=O) groups excluding carboxylic acids is 1. The standard InChI is InChI=1S/C16H19FN4O2.C3H7N.C2H6/c1-10(16(22)20-13-8-23-9-13)19-7-15(18)21-5-4-11-6-12(17)2-3-14(11)21;1-3-4-2;1-2/h2-3,6-7,13H,4-5,8-9,18H2,1H3,(H,20,22);3H,1-2H3;1-2H3/b15-7-,19-10?;;. The average Bonchev–Trinajstić information content (AvgIpc) is 3.13. The van der Waals surface area contributed by atoms with E-state index in [1.165, 1.54) is 18.3 Å². The fourth-order valence-electron chi connectivity index (χ4n) is 2.54. The third-order valence-corrected chi connectivity index (χ3v) is 4.20. The van der Waals surface area contributed by atoms with Crippen molar-refractivity contribution < 1.29 is 13.9 Å². The third kappa shape index (κ3) is 7.30. The van der Waals surface area contributed by atoms with Crippen molar-refractivity contribution >= 4 is 23.5 Å². The van der Waals surface area contributed by atoms with Crippen LogP contribution in [0.1, 0.15) is 33.3 Å². The Labute approximate surface area is 172 Å². The molecule has 0 radical (unpaired) electrons. The van der Waals surface area contributed by atoms with Gasteiger partial charge in [0.1, 0.15) is 17.3 Å². The van der Waals surface area contributed by atoms with Crippen molar-refractivity contribution in [1.29, 1.82) is 0 Å². The number of nitrogens with zero attached hydrogens (tertiary/aromatic N) is 3. The van der Waals surface area contributed by atoms with Gasteiger partial charge >= 0.3 is 0 Å². The summed E-state index contributed by atoms with van der Waals surface area (Å²) in [7, 11) is 1.75. The van der Waals surface area contributed by atoms with Gasteiger partial charge in [-0.1, -0.05) is 13.8 Å². The molecule has 1 saturated heterocycles. The maximum absolute atomic E-state index is 13.2. The second-order valence-electron chi connectivity index (χ2n) is 6.17. The topological polar surface area (TPSA) is 92.3 Å². The molecule has 1 aromatic carbocycles. The predicted molar refractivity (Wildman–Crippen MR) is 117 cm³/mol. The molecule has 3 N–H and O–H groups in total. The van der Waals surface area contributed by atoms with E-state index in [2.05, 4.69) is 15.3 Å². The maximum atomic E-state index is 13.2. The molecule has 0 aliphatic carbocycles. The van der Waals surface area contributed by atoms with Crippen molar-refractivity contribution in [1.82, 2.24) is 5.32 Å². The predicted octanol–water partition coefficient (Wildman–Crippen LogP) is 2.65. The molecule has 8 heteroatoms. The van der Waals surface area contributed by atoms with Crippen molar-refractivity contribution in [3.05, 3.63) is 41.6 Å². The van der Waals surface area contributed by atoms with Crippen LogP contribution in [0.25, 0.3) is 0 Å². The number of amides is 1. The molecule has 29 heavy (non-hydrogen) atoms. The van der Waals surface area contributed by atoms with Gasteiger partial charge < -0.3 is 25.7 Å². The second-order valence-corrected chi connectivity index (χ2v) is 6.17. The summed E-state index contributed by atoms with van der Waals surface area (Å²) in [5.74, 6) is -0.0561. The van der Waals surface area contributed by atoms with Crippen LogP contribution in [-0.2, 0) is 16.0 Å². The van der Waals surface area contributed by atoms with E-state index in [0.717, 1.165) is 17.7 Å². The SMILES string of the molecule is CC.CC(=N/C=C(/N)N1CCc2cc(F)ccc21)C(=O)NC1COC1.CC=NC. The molecule has 0 aromatic heterocycles. The van der Waals surface area contributed by atoms with E-state index in [4.69, 9.17) is 10.5 Å². The first-order chi connectivity index (χ1) is 14.0. The molecule has 7 nitrogen and oxygen atoms in total. The van der Waals surface area contributed by atoms with Crippen LogP contribution in [0.4, 0.5) is 10.1 Å². The number of aliphatic imine (C=N–C) groups is 2. The van der Waals surface area contributed by atoms with Gasteiger partial charge in [-0.15, -0.1) is 0 Å². The Bertz CT molecular complexity index is 753. The number of rotatable bonds is 4. The first-order valence-corrected chi connectivity index (χ1v) is 9.77. The summed E-state index contributed by atoms with van der Waals surface area (Å²) in [6.45, 7) is 9.27. The van der Waals surface area contributed by atoms with Crippen LogP contribution in [0, 0.1) is 5.82 Å². The van der Waals surface area contributed by atoms with Crippen LogP contribution < -0.4 is 16.0 Å². The smallest absolute Gasteiger partial charge is 0.265 e. The molecule has 0 saturated carbocycles. The molecule has 2 heterocycles. The van der Waals surface area contributed by atoms with Crippen LogP contribution in [0.2, 0.25) is 0 Å². The highest BCUT2D eigenvalue weighted by Gasteiger charge is 2.22. The molecule has 0 bridgehead atoms. The first-order valence-electron chi connectivity index (χ1n) is 9.77. The van der Waals surface area contributed by atoms with E-state index in [9.17, 15) is 9.18 Å². The average molecular weight is 406 g/mol. The van der Waals surface area contributed by atoms with Crippen molar-refractivity contribution in [3.8, 4) is 0 Å². The van der Waals surface area contributed by atoms with Crippen LogP contribution in [0.3, 0.4) is 0 Å².